The van der Waals surface area contributed by atoms with Gasteiger partial charge in [-0.2, -0.15) is 11.8 Å². The molecule has 0 amide bonds. The van der Waals surface area contributed by atoms with Crippen LogP contribution in [0.2, 0.25) is 0 Å². The van der Waals surface area contributed by atoms with Crippen LogP contribution in [0.25, 0.3) is 0 Å². The van der Waals surface area contributed by atoms with Gasteiger partial charge in [-0.25, -0.2) is 9.97 Å². The van der Waals surface area contributed by atoms with E-state index in [9.17, 15) is 0 Å². The fourth-order valence-electron chi connectivity index (χ4n) is 2.84. The molecule has 118 valence electrons. The maximum Gasteiger partial charge on any atom is 0.134 e. The standard InChI is InChI=1S/C16H28N4S/c1-5-9-17-15-11(3)16(19-12(4)18-15)20-13-7-8-14(10-13)21-6-2/h13-14H,5-10H2,1-4H3,(H2,17,18,19,20). The monoisotopic (exact) mass is 308 g/mol. The molecule has 0 aromatic carbocycles. The Morgan fingerprint density at radius 2 is 1.90 bits per heavy atom. The van der Waals surface area contributed by atoms with Gasteiger partial charge in [-0.05, 0) is 45.3 Å². The Balaban J connectivity index is 2.04. The van der Waals surface area contributed by atoms with Crippen LogP contribution < -0.4 is 10.6 Å². The lowest BCUT2D eigenvalue weighted by Crippen LogP contribution is -2.19. The lowest BCUT2D eigenvalue weighted by Gasteiger charge is -2.18. The van der Waals surface area contributed by atoms with Gasteiger partial charge in [0.15, 0.2) is 0 Å². The molecule has 0 bridgehead atoms. The molecule has 0 spiro atoms. The zero-order chi connectivity index (χ0) is 15.2. The van der Waals surface area contributed by atoms with Crippen molar-refractivity contribution < 1.29 is 0 Å². The van der Waals surface area contributed by atoms with Crippen molar-refractivity contribution in [1.29, 1.82) is 0 Å². The van der Waals surface area contributed by atoms with Crippen LogP contribution in [0.1, 0.15) is 50.9 Å². The van der Waals surface area contributed by atoms with E-state index in [-0.39, 0.29) is 0 Å². The van der Waals surface area contributed by atoms with Crippen LogP contribution in [0.5, 0.6) is 0 Å². The van der Waals surface area contributed by atoms with Crippen LogP contribution >= 0.6 is 11.8 Å². The van der Waals surface area contributed by atoms with Crippen LogP contribution in [-0.2, 0) is 0 Å². The summed E-state index contributed by atoms with van der Waals surface area (Å²) in [5.41, 5.74) is 1.14. The van der Waals surface area contributed by atoms with Crippen molar-refractivity contribution in [1.82, 2.24) is 9.97 Å². The van der Waals surface area contributed by atoms with Crippen molar-refractivity contribution in [3.63, 3.8) is 0 Å². The average molecular weight is 308 g/mol. The van der Waals surface area contributed by atoms with Crippen molar-refractivity contribution in [2.45, 2.75) is 64.7 Å². The average Bonchev–Trinajstić information content (AvgIpc) is 2.88. The first-order chi connectivity index (χ1) is 10.1. The maximum atomic E-state index is 4.61. The largest absolute Gasteiger partial charge is 0.370 e. The molecule has 2 N–H and O–H groups in total. The van der Waals surface area contributed by atoms with Gasteiger partial charge in [-0.3, -0.25) is 0 Å². The Labute approximate surface area is 132 Å². The molecule has 1 fully saturated rings. The quantitative estimate of drug-likeness (QED) is 0.797. The van der Waals surface area contributed by atoms with E-state index in [4.69, 9.17) is 0 Å². The molecule has 2 unspecified atom stereocenters. The van der Waals surface area contributed by atoms with E-state index in [0.29, 0.717) is 6.04 Å². The number of rotatable bonds is 7. The Morgan fingerprint density at radius 3 is 2.62 bits per heavy atom. The van der Waals surface area contributed by atoms with Crippen LogP contribution in [0.15, 0.2) is 0 Å². The van der Waals surface area contributed by atoms with E-state index < -0.39 is 0 Å². The summed E-state index contributed by atoms with van der Waals surface area (Å²) in [4.78, 5) is 9.13. The Bertz CT molecular complexity index is 464. The maximum absolute atomic E-state index is 4.61. The molecule has 21 heavy (non-hydrogen) atoms. The lowest BCUT2D eigenvalue weighted by molar-refractivity contribution is 0.748. The predicted octanol–water partition coefficient (Wildman–Crippen LogP) is 4.00. The van der Waals surface area contributed by atoms with Gasteiger partial charge in [-0.1, -0.05) is 13.8 Å². The highest BCUT2D eigenvalue weighted by molar-refractivity contribution is 7.99. The van der Waals surface area contributed by atoms with Gasteiger partial charge in [0.2, 0.25) is 0 Å². The molecule has 5 heteroatoms. The molecule has 2 rings (SSSR count). The summed E-state index contributed by atoms with van der Waals surface area (Å²) in [6.45, 7) is 9.43. The van der Waals surface area contributed by atoms with E-state index in [1.807, 2.05) is 6.92 Å². The number of hydrogen-bond donors (Lipinski definition) is 2. The third kappa shape index (κ3) is 4.50. The molecule has 1 aliphatic carbocycles. The third-order valence-electron chi connectivity index (χ3n) is 3.93. The molecule has 4 nitrogen and oxygen atoms in total. The molecule has 1 heterocycles. The number of aryl methyl sites for hydroxylation is 1. The Hall–Kier alpha value is -0.970. The van der Waals surface area contributed by atoms with Crippen LogP contribution in [0.3, 0.4) is 0 Å². The second-order valence-electron chi connectivity index (χ2n) is 5.75. The second-order valence-corrected chi connectivity index (χ2v) is 7.33. The minimum Gasteiger partial charge on any atom is -0.370 e. The first-order valence-electron chi connectivity index (χ1n) is 8.11. The van der Waals surface area contributed by atoms with E-state index in [0.717, 1.165) is 41.2 Å². The van der Waals surface area contributed by atoms with Gasteiger partial charge < -0.3 is 10.6 Å². The van der Waals surface area contributed by atoms with Crippen molar-refractivity contribution in [3.05, 3.63) is 11.4 Å². The number of aromatic nitrogens is 2. The SMILES string of the molecule is CCCNc1nc(C)nc(NC2CCC(SCC)C2)c1C. The molecule has 1 aromatic rings. The molecule has 0 aliphatic heterocycles. The normalized spacial score (nSPS) is 21.5. The molecule has 1 saturated carbocycles. The minimum atomic E-state index is 0.557. The Morgan fingerprint density at radius 1 is 1.14 bits per heavy atom. The first-order valence-corrected chi connectivity index (χ1v) is 9.16. The number of nitrogens with one attached hydrogen (secondary N) is 2. The topological polar surface area (TPSA) is 49.8 Å². The molecule has 0 saturated heterocycles. The summed E-state index contributed by atoms with van der Waals surface area (Å²) in [7, 11) is 0. The minimum absolute atomic E-state index is 0.557. The Kier molecular flexibility index (Phi) is 6.15. The van der Waals surface area contributed by atoms with Gasteiger partial charge in [0, 0.05) is 23.4 Å². The van der Waals surface area contributed by atoms with Gasteiger partial charge in [-0.15, -0.1) is 0 Å². The van der Waals surface area contributed by atoms with Crippen LogP contribution in [0.4, 0.5) is 11.6 Å². The van der Waals surface area contributed by atoms with Crippen molar-refractivity contribution in [3.8, 4) is 0 Å². The fourth-order valence-corrected chi connectivity index (χ4v) is 3.98. The summed E-state index contributed by atoms with van der Waals surface area (Å²) in [6.07, 6.45) is 4.92. The van der Waals surface area contributed by atoms with Crippen LogP contribution in [-0.4, -0.2) is 33.6 Å². The fraction of sp³-hybridized carbons (Fsp3) is 0.750. The van der Waals surface area contributed by atoms with E-state index >= 15 is 0 Å². The van der Waals surface area contributed by atoms with E-state index in [2.05, 4.69) is 53.1 Å². The van der Waals surface area contributed by atoms with E-state index in [1.165, 1.54) is 25.0 Å². The predicted molar refractivity (Wildman–Crippen MR) is 93.5 cm³/mol. The number of anilines is 2. The molecular weight excluding hydrogens is 280 g/mol. The van der Waals surface area contributed by atoms with Gasteiger partial charge in [0.1, 0.15) is 17.5 Å². The number of hydrogen-bond acceptors (Lipinski definition) is 5. The number of nitrogens with zero attached hydrogens (tertiary/aromatic N) is 2. The van der Waals surface area contributed by atoms with Crippen molar-refractivity contribution in [2.24, 2.45) is 0 Å². The van der Waals surface area contributed by atoms with Crippen molar-refractivity contribution in [2.75, 3.05) is 22.9 Å². The van der Waals surface area contributed by atoms with Gasteiger partial charge in [0.05, 0.1) is 0 Å². The molecule has 1 aromatic heterocycles. The zero-order valence-electron chi connectivity index (χ0n) is 13.7. The highest BCUT2D eigenvalue weighted by Crippen LogP contribution is 2.32. The second kappa shape index (κ2) is 7.87. The summed E-state index contributed by atoms with van der Waals surface area (Å²) in [6, 6.07) is 0.557. The zero-order valence-corrected chi connectivity index (χ0v) is 14.5. The summed E-state index contributed by atoms with van der Waals surface area (Å²) in [5, 5.41) is 7.87. The summed E-state index contributed by atoms with van der Waals surface area (Å²) in [5.74, 6) is 4.03. The van der Waals surface area contributed by atoms with Gasteiger partial charge >= 0.3 is 0 Å². The van der Waals surface area contributed by atoms with Crippen molar-refractivity contribution >= 4 is 23.4 Å². The van der Waals surface area contributed by atoms with Gasteiger partial charge in [0.25, 0.3) is 0 Å². The third-order valence-corrected chi connectivity index (χ3v) is 5.16. The molecule has 1 aliphatic rings. The smallest absolute Gasteiger partial charge is 0.134 e. The molecule has 0 radical (unpaired) electrons. The number of thioether (sulfide) groups is 1. The summed E-state index contributed by atoms with van der Waals surface area (Å²) < 4.78 is 0. The van der Waals surface area contributed by atoms with Crippen LogP contribution in [0, 0.1) is 13.8 Å². The molecular formula is C16H28N4S. The summed E-state index contributed by atoms with van der Waals surface area (Å²) >= 11 is 2.09. The first kappa shape index (κ1) is 16.4. The highest BCUT2D eigenvalue weighted by Gasteiger charge is 2.25. The molecule has 2 atom stereocenters. The van der Waals surface area contributed by atoms with E-state index in [1.54, 1.807) is 0 Å². The highest BCUT2D eigenvalue weighted by atomic mass is 32.2. The lowest BCUT2D eigenvalue weighted by atomic mass is 10.2.